The fourth-order valence-electron chi connectivity index (χ4n) is 1.64. The van der Waals surface area contributed by atoms with Crippen LogP contribution in [-0.2, 0) is 16.1 Å². The highest BCUT2D eigenvalue weighted by Gasteiger charge is 2.20. The monoisotopic (exact) mass is 220 g/mol. The lowest BCUT2D eigenvalue weighted by Gasteiger charge is -2.22. The van der Waals surface area contributed by atoms with Gasteiger partial charge in [0.1, 0.15) is 6.04 Å². The molecular weight excluding hydrogens is 204 g/mol. The molecule has 0 radical (unpaired) electrons. The van der Waals surface area contributed by atoms with E-state index < -0.39 is 0 Å². The summed E-state index contributed by atoms with van der Waals surface area (Å²) < 4.78 is 5.23. The van der Waals surface area contributed by atoms with E-state index in [1.165, 1.54) is 0 Å². The molecule has 2 N–H and O–H groups in total. The maximum Gasteiger partial charge on any atom is 0.239 e. The number of morpholine rings is 1. The normalized spacial score (nSPS) is 20.4. The molecule has 0 unspecified atom stereocenters. The molecule has 4 heteroatoms. The molecule has 0 spiro atoms. The van der Waals surface area contributed by atoms with Crippen LogP contribution in [0.2, 0.25) is 0 Å². The second kappa shape index (κ2) is 5.63. The second-order valence-electron chi connectivity index (χ2n) is 3.79. The van der Waals surface area contributed by atoms with Crippen LogP contribution in [0, 0.1) is 0 Å². The average molecular weight is 220 g/mol. The maximum absolute atomic E-state index is 11.7. The fraction of sp³-hybridized carbons (Fsp3) is 0.417. The van der Waals surface area contributed by atoms with Gasteiger partial charge in [0.25, 0.3) is 0 Å². The quantitative estimate of drug-likeness (QED) is 0.770. The van der Waals surface area contributed by atoms with Gasteiger partial charge < -0.3 is 15.4 Å². The van der Waals surface area contributed by atoms with Gasteiger partial charge in [0.2, 0.25) is 5.91 Å². The molecule has 0 saturated carbocycles. The molecule has 1 aromatic rings. The van der Waals surface area contributed by atoms with Crippen molar-refractivity contribution in [1.82, 2.24) is 10.6 Å². The van der Waals surface area contributed by atoms with E-state index in [2.05, 4.69) is 10.6 Å². The van der Waals surface area contributed by atoms with E-state index in [1.54, 1.807) is 0 Å². The van der Waals surface area contributed by atoms with E-state index in [4.69, 9.17) is 4.74 Å². The van der Waals surface area contributed by atoms with E-state index in [0.717, 1.165) is 12.1 Å². The van der Waals surface area contributed by atoms with Crippen molar-refractivity contribution in [3.8, 4) is 0 Å². The zero-order valence-electron chi connectivity index (χ0n) is 9.11. The molecule has 1 aliphatic rings. The van der Waals surface area contributed by atoms with Crippen LogP contribution >= 0.6 is 0 Å². The van der Waals surface area contributed by atoms with Crippen LogP contribution in [-0.4, -0.2) is 31.7 Å². The van der Waals surface area contributed by atoms with Crippen LogP contribution in [0.5, 0.6) is 0 Å². The van der Waals surface area contributed by atoms with Crippen LogP contribution < -0.4 is 10.6 Å². The van der Waals surface area contributed by atoms with Crippen molar-refractivity contribution in [2.45, 2.75) is 12.6 Å². The molecule has 0 aromatic heterocycles. The van der Waals surface area contributed by atoms with E-state index in [0.29, 0.717) is 19.8 Å². The zero-order chi connectivity index (χ0) is 11.2. The van der Waals surface area contributed by atoms with Gasteiger partial charge in [0.05, 0.1) is 13.2 Å². The number of rotatable bonds is 3. The number of hydrogen-bond donors (Lipinski definition) is 2. The van der Waals surface area contributed by atoms with Crippen molar-refractivity contribution >= 4 is 5.91 Å². The minimum absolute atomic E-state index is 0.00329. The van der Waals surface area contributed by atoms with Crippen molar-refractivity contribution < 1.29 is 9.53 Å². The van der Waals surface area contributed by atoms with Crippen molar-refractivity contribution in [3.05, 3.63) is 35.9 Å². The van der Waals surface area contributed by atoms with Crippen LogP contribution in [0.25, 0.3) is 0 Å². The predicted molar refractivity (Wildman–Crippen MR) is 60.9 cm³/mol. The fourth-order valence-corrected chi connectivity index (χ4v) is 1.64. The predicted octanol–water partition coefficient (Wildman–Crippen LogP) is 0.291. The largest absolute Gasteiger partial charge is 0.378 e. The Morgan fingerprint density at radius 1 is 1.44 bits per heavy atom. The highest BCUT2D eigenvalue weighted by Crippen LogP contribution is 1.98. The van der Waals surface area contributed by atoms with Crippen molar-refractivity contribution in [2.24, 2.45) is 0 Å². The summed E-state index contributed by atoms with van der Waals surface area (Å²) in [5.74, 6) is 0.00329. The molecule has 0 bridgehead atoms. The smallest absolute Gasteiger partial charge is 0.239 e. The van der Waals surface area contributed by atoms with Gasteiger partial charge in [-0.2, -0.15) is 0 Å². The zero-order valence-corrected chi connectivity index (χ0v) is 9.11. The Hall–Kier alpha value is -1.39. The number of carbonyl (C=O) groups is 1. The number of benzene rings is 1. The Morgan fingerprint density at radius 3 is 2.94 bits per heavy atom. The highest BCUT2D eigenvalue weighted by molar-refractivity contribution is 5.81. The first-order valence-electron chi connectivity index (χ1n) is 5.49. The Bertz CT molecular complexity index is 334. The molecule has 1 aromatic carbocycles. The third kappa shape index (κ3) is 3.05. The summed E-state index contributed by atoms with van der Waals surface area (Å²) in [5.41, 5.74) is 1.10. The summed E-state index contributed by atoms with van der Waals surface area (Å²) >= 11 is 0. The van der Waals surface area contributed by atoms with Gasteiger partial charge in [0, 0.05) is 13.1 Å². The Kier molecular flexibility index (Phi) is 3.91. The lowest BCUT2D eigenvalue weighted by atomic mass is 10.2. The van der Waals surface area contributed by atoms with Crippen LogP contribution in [0.3, 0.4) is 0 Å². The molecular formula is C12H16N2O2. The molecule has 1 heterocycles. The SMILES string of the molecule is O=C(NCc1ccccc1)[C@@H]1COCCN1. The van der Waals surface area contributed by atoms with E-state index in [-0.39, 0.29) is 11.9 Å². The number of hydrogen-bond acceptors (Lipinski definition) is 3. The Morgan fingerprint density at radius 2 is 2.25 bits per heavy atom. The third-order valence-electron chi connectivity index (χ3n) is 2.55. The Balaban J connectivity index is 1.79. The Labute approximate surface area is 95.0 Å². The minimum Gasteiger partial charge on any atom is -0.378 e. The lowest BCUT2D eigenvalue weighted by Crippen LogP contribution is -2.51. The topological polar surface area (TPSA) is 50.4 Å². The summed E-state index contributed by atoms with van der Waals surface area (Å²) in [5, 5.41) is 6.01. The van der Waals surface area contributed by atoms with Crippen LogP contribution in [0.15, 0.2) is 30.3 Å². The number of ether oxygens (including phenoxy) is 1. The molecule has 1 atom stereocenters. The van der Waals surface area contributed by atoms with Crippen LogP contribution in [0.1, 0.15) is 5.56 Å². The molecule has 2 rings (SSSR count). The number of amides is 1. The van der Waals surface area contributed by atoms with E-state index >= 15 is 0 Å². The molecule has 0 aliphatic carbocycles. The van der Waals surface area contributed by atoms with Gasteiger partial charge in [-0.3, -0.25) is 4.79 Å². The molecule has 1 fully saturated rings. The summed E-state index contributed by atoms with van der Waals surface area (Å²) in [6.07, 6.45) is 0. The highest BCUT2D eigenvalue weighted by atomic mass is 16.5. The first-order chi connectivity index (χ1) is 7.86. The van der Waals surface area contributed by atoms with Crippen molar-refractivity contribution in [3.63, 3.8) is 0 Å². The summed E-state index contributed by atoms with van der Waals surface area (Å²) in [6.45, 7) is 2.45. The number of nitrogens with one attached hydrogen (secondary N) is 2. The van der Waals surface area contributed by atoms with E-state index in [9.17, 15) is 4.79 Å². The molecule has 16 heavy (non-hydrogen) atoms. The number of carbonyl (C=O) groups excluding carboxylic acids is 1. The summed E-state index contributed by atoms with van der Waals surface area (Å²) in [7, 11) is 0. The van der Waals surface area contributed by atoms with Gasteiger partial charge in [-0.05, 0) is 5.56 Å². The second-order valence-corrected chi connectivity index (χ2v) is 3.79. The molecule has 1 aliphatic heterocycles. The standard InChI is InChI=1S/C12H16N2O2/c15-12(11-9-16-7-6-13-11)14-8-10-4-2-1-3-5-10/h1-5,11,13H,6-9H2,(H,14,15)/t11-/m0/s1. The first kappa shape index (κ1) is 11.1. The lowest BCUT2D eigenvalue weighted by molar-refractivity contribution is -0.126. The average Bonchev–Trinajstić information content (AvgIpc) is 2.38. The molecule has 4 nitrogen and oxygen atoms in total. The van der Waals surface area contributed by atoms with Gasteiger partial charge >= 0.3 is 0 Å². The van der Waals surface area contributed by atoms with Gasteiger partial charge in [0.15, 0.2) is 0 Å². The first-order valence-corrected chi connectivity index (χ1v) is 5.49. The summed E-state index contributed by atoms with van der Waals surface area (Å²) in [4.78, 5) is 11.7. The van der Waals surface area contributed by atoms with E-state index in [1.807, 2.05) is 30.3 Å². The van der Waals surface area contributed by atoms with Gasteiger partial charge in [-0.1, -0.05) is 30.3 Å². The van der Waals surface area contributed by atoms with Crippen molar-refractivity contribution in [1.29, 1.82) is 0 Å². The molecule has 1 saturated heterocycles. The summed E-state index contributed by atoms with van der Waals surface area (Å²) in [6, 6.07) is 9.66. The van der Waals surface area contributed by atoms with Crippen LogP contribution in [0.4, 0.5) is 0 Å². The van der Waals surface area contributed by atoms with Gasteiger partial charge in [-0.25, -0.2) is 0 Å². The third-order valence-corrected chi connectivity index (χ3v) is 2.55. The maximum atomic E-state index is 11.7. The molecule has 86 valence electrons. The van der Waals surface area contributed by atoms with Gasteiger partial charge in [-0.15, -0.1) is 0 Å². The minimum atomic E-state index is -0.211. The molecule has 1 amide bonds. The van der Waals surface area contributed by atoms with Crippen molar-refractivity contribution in [2.75, 3.05) is 19.8 Å².